The number of Topliss-reactive ketones (excluding diaryl/α,β-unsaturated/α-hetero) is 1. The summed E-state index contributed by atoms with van der Waals surface area (Å²) in [6, 6.07) is 10.7. The summed E-state index contributed by atoms with van der Waals surface area (Å²) >= 11 is 0. The van der Waals surface area contributed by atoms with E-state index in [0.717, 1.165) is 0 Å². The Bertz CT molecular complexity index is 642. The third-order valence-electron chi connectivity index (χ3n) is 2.85. The number of benzene rings is 2. The van der Waals surface area contributed by atoms with Crippen LogP contribution in [0.1, 0.15) is 33.2 Å². The van der Waals surface area contributed by atoms with Crippen LogP contribution in [-0.2, 0) is 0 Å². The monoisotopic (exact) mass is 271 g/mol. The Kier molecular flexibility index (Phi) is 3.94. The summed E-state index contributed by atoms with van der Waals surface area (Å²) in [5, 5.41) is 2.66. The van der Waals surface area contributed by atoms with Crippen LogP contribution in [0.2, 0.25) is 0 Å². The summed E-state index contributed by atoms with van der Waals surface area (Å²) in [6.45, 7) is 3.20. The minimum Gasteiger partial charge on any atom is -0.322 e. The minimum absolute atomic E-state index is 0.0383. The Morgan fingerprint density at radius 2 is 1.65 bits per heavy atom. The zero-order chi connectivity index (χ0) is 14.7. The van der Waals surface area contributed by atoms with Gasteiger partial charge in [0.1, 0.15) is 5.82 Å². The SMILES string of the molecule is CC(=O)c1ccc(NC(=O)c2cc(C)cc(F)c2)cc1. The molecule has 1 N–H and O–H groups in total. The van der Waals surface area contributed by atoms with Gasteiger partial charge in [0.05, 0.1) is 0 Å². The highest BCUT2D eigenvalue weighted by Crippen LogP contribution is 2.13. The molecule has 0 spiro atoms. The molecule has 0 aliphatic heterocycles. The second-order valence-corrected chi connectivity index (χ2v) is 4.60. The van der Waals surface area contributed by atoms with Crippen LogP contribution in [0, 0.1) is 12.7 Å². The second kappa shape index (κ2) is 5.65. The van der Waals surface area contributed by atoms with E-state index in [-0.39, 0.29) is 17.3 Å². The maximum atomic E-state index is 13.3. The van der Waals surface area contributed by atoms with Gasteiger partial charge in [-0.1, -0.05) is 0 Å². The first-order chi connectivity index (χ1) is 9.45. The molecule has 2 aromatic rings. The number of aryl methyl sites for hydroxylation is 1. The highest BCUT2D eigenvalue weighted by atomic mass is 19.1. The fraction of sp³-hybridized carbons (Fsp3) is 0.125. The van der Waals surface area contributed by atoms with Crippen molar-refractivity contribution in [1.29, 1.82) is 0 Å². The third-order valence-corrected chi connectivity index (χ3v) is 2.85. The van der Waals surface area contributed by atoms with E-state index in [1.807, 2.05) is 0 Å². The summed E-state index contributed by atoms with van der Waals surface area (Å²) in [5.74, 6) is -0.867. The molecule has 0 unspecified atom stereocenters. The summed E-state index contributed by atoms with van der Waals surface area (Å²) in [5.41, 5.74) is 2.08. The summed E-state index contributed by atoms with van der Waals surface area (Å²) in [4.78, 5) is 23.1. The maximum Gasteiger partial charge on any atom is 0.255 e. The van der Waals surface area contributed by atoms with Gasteiger partial charge in [-0.05, 0) is 61.9 Å². The number of hydrogen-bond donors (Lipinski definition) is 1. The molecule has 0 saturated heterocycles. The molecule has 1 amide bonds. The Morgan fingerprint density at radius 1 is 1.00 bits per heavy atom. The van der Waals surface area contributed by atoms with Gasteiger partial charge in [0.2, 0.25) is 0 Å². The van der Waals surface area contributed by atoms with Crippen LogP contribution >= 0.6 is 0 Å². The van der Waals surface area contributed by atoms with Crippen LogP contribution in [0.3, 0.4) is 0 Å². The Morgan fingerprint density at radius 3 is 2.20 bits per heavy atom. The smallest absolute Gasteiger partial charge is 0.255 e. The highest BCUT2D eigenvalue weighted by Gasteiger charge is 2.08. The van der Waals surface area contributed by atoms with Crippen LogP contribution in [0.4, 0.5) is 10.1 Å². The minimum atomic E-state index is -0.443. The average Bonchev–Trinajstić information content (AvgIpc) is 2.38. The number of carbonyl (C=O) groups excluding carboxylic acids is 2. The van der Waals surface area contributed by atoms with Gasteiger partial charge in [-0.25, -0.2) is 4.39 Å². The van der Waals surface area contributed by atoms with E-state index in [4.69, 9.17) is 0 Å². The molecular weight excluding hydrogens is 257 g/mol. The number of amides is 1. The molecule has 2 rings (SSSR count). The number of nitrogens with one attached hydrogen (secondary N) is 1. The lowest BCUT2D eigenvalue weighted by molar-refractivity contribution is 0.101. The first kappa shape index (κ1) is 13.9. The Hall–Kier alpha value is -2.49. The molecule has 0 saturated carbocycles. The van der Waals surface area contributed by atoms with E-state index in [0.29, 0.717) is 16.8 Å². The van der Waals surface area contributed by atoms with Crippen molar-refractivity contribution >= 4 is 17.4 Å². The molecule has 3 nitrogen and oxygen atoms in total. The lowest BCUT2D eigenvalue weighted by atomic mass is 10.1. The number of hydrogen-bond acceptors (Lipinski definition) is 2. The fourth-order valence-electron chi connectivity index (χ4n) is 1.86. The summed E-state index contributed by atoms with van der Waals surface area (Å²) in [7, 11) is 0. The van der Waals surface area contributed by atoms with E-state index < -0.39 is 5.82 Å². The van der Waals surface area contributed by atoms with Crippen LogP contribution in [0.15, 0.2) is 42.5 Å². The van der Waals surface area contributed by atoms with Crippen molar-refractivity contribution in [3.05, 3.63) is 65.0 Å². The molecule has 4 heteroatoms. The molecule has 0 aromatic heterocycles. The lowest BCUT2D eigenvalue weighted by Crippen LogP contribution is -2.12. The maximum absolute atomic E-state index is 13.3. The van der Waals surface area contributed by atoms with Gasteiger partial charge in [-0.3, -0.25) is 9.59 Å². The number of ketones is 1. The van der Waals surface area contributed by atoms with E-state index in [2.05, 4.69) is 5.32 Å². The van der Waals surface area contributed by atoms with Crippen molar-refractivity contribution in [2.75, 3.05) is 5.32 Å². The van der Waals surface area contributed by atoms with Gasteiger partial charge in [0.25, 0.3) is 5.91 Å². The standard InChI is InChI=1S/C16H14FNO2/c1-10-7-13(9-14(17)8-10)16(20)18-15-5-3-12(4-6-15)11(2)19/h3-9H,1-2H3,(H,18,20). The summed E-state index contributed by atoms with van der Waals surface area (Å²) < 4.78 is 13.3. The van der Waals surface area contributed by atoms with Crippen LogP contribution < -0.4 is 5.32 Å². The molecule has 2 aromatic carbocycles. The number of carbonyl (C=O) groups is 2. The normalized spacial score (nSPS) is 10.2. The lowest BCUT2D eigenvalue weighted by Gasteiger charge is -2.07. The molecule has 0 aliphatic rings. The van der Waals surface area contributed by atoms with Crippen LogP contribution in [0.5, 0.6) is 0 Å². The molecule has 0 atom stereocenters. The van der Waals surface area contributed by atoms with Crippen molar-refractivity contribution in [3.8, 4) is 0 Å². The Labute approximate surface area is 116 Å². The molecule has 20 heavy (non-hydrogen) atoms. The molecule has 0 aliphatic carbocycles. The predicted octanol–water partition coefficient (Wildman–Crippen LogP) is 3.59. The molecule has 102 valence electrons. The highest BCUT2D eigenvalue weighted by molar-refractivity contribution is 6.04. The van der Waals surface area contributed by atoms with Gasteiger partial charge in [0.15, 0.2) is 5.78 Å². The summed E-state index contributed by atoms with van der Waals surface area (Å²) in [6.07, 6.45) is 0. The first-order valence-corrected chi connectivity index (χ1v) is 6.15. The molecule has 0 heterocycles. The van der Waals surface area contributed by atoms with E-state index in [1.54, 1.807) is 37.3 Å². The Balaban J connectivity index is 2.16. The molecule has 0 bridgehead atoms. The van der Waals surface area contributed by atoms with Crippen molar-refractivity contribution in [2.45, 2.75) is 13.8 Å². The van der Waals surface area contributed by atoms with E-state index in [1.165, 1.54) is 19.1 Å². The fourth-order valence-corrected chi connectivity index (χ4v) is 1.86. The number of halogens is 1. The number of rotatable bonds is 3. The molecule has 0 radical (unpaired) electrons. The van der Waals surface area contributed by atoms with Gasteiger partial charge in [0, 0.05) is 16.8 Å². The largest absolute Gasteiger partial charge is 0.322 e. The molecular formula is C16H14FNO2. The van der Waals surface area contributed by atoms with E-state index >= 15 is 0 Å². The van der Waals surface area contributed by atoms with Crippen molar-refractivity contribution in [3.63, 3.8) is 0 Å². The second-order valence-electron chi connectivity index (χ2n) is 4.60. The topological polar surface area (TPSA) is 46.2 Å². The van der Waals surface area contributed by atoms with Gasteiger partial charge >= 0.3 is 0 Å². The van der Waals surface area contributed by atoms with Crippen molar-refractivity contribution in [1.82, 2.24) is 0 Å². The third kappa shape index (κ3) is 3.29. The zero-order valence-electron chi connectivity index (χ0n) is 11.2. The van der Waals surface area contributed by atoms with E-state index in [9.17, 15) is 14.0 Å². The van der Waals surface area contributed by atoms with Crippen molar-refractivity contribution in [2.24, 2.45) is 0 Å². The molecule has 0 fully saturated rings. The van der Waals surface area contributed by atoms with Crippen LogP contribution in [0.25, 0.3) is 0 Å². The van der Waals surface area contributed by atoms with Crippen molar-refractivity contribution < 1.29 is 14.0 Å². The van der Waals surface area contributed by atoms with Gasteiger partial charge in [-0.15, -0.1) is 0 Å². The quantitative estimate of drug-likeness (QED) is 0.867. The number of anilines is 1. The predicted molar refractivity (Wildman–Crippen MR) is 75.5 cm³/mol. The van der Waals surface area contributed by atoms with Gasteiger partial charge in [-0.2, -0.15) is 0 Å². The van der Waals surface area contributed by atoms with Crippen LogP contribution in [-0.4, -0.2) is 11.7 Å². The van der Waals surface area contributed by atoms with Gasteiger partial charge < -0.3 is 5.32 Å². The average molecular weight is 271 g/mol. The first-order valence-electron chi connectivity index (χ1n) is 6.15. The zero-order valence-corrected chi connectivity index (χ0v) is 11.2.